The van der Waals surface area contributed by atoms with Crippen molar-refractivity contribution in [3.05, 3.63) is 71.7 Å². The predicted molar refractivity (Wildman–Crippen MR) is 136 cm³/mol. The SMILES string of the molecule is C=C/C=C(\C(F)=C/CN(C)C(=O)C1CCN(CCc2ccc(CC)cc2)CC1)N1CCOCC1. The van der Waals surface area contributed by atoms with Crippen molar-refractivity contribution in [1.29, 1.82) is 0 Å². The van der Waals surface area contributed by atoms with Crippen LogP contribution >= 0.6 is 0 Å². The topological polar surface area (TPSA) is 36.0 Å². The van der Waals surface area contributed by atoms with Gasteiger partial charge in [-0.15, -0.1) is 0 Å². The van der Waals surface area contributed by atoms with Crippen LogP contribution in [0.2, 0.25) is 0 Å². The van der Waals surface area contributed by atoms with Crippen molar-refractivity contribution in [2.45, 2.75) is 32.6 Å². The highest BCUT2D eigenvalue weighted by Crippen LogP contribution is 2.21. The highest BCUT2D eigenvalue weighted by Gasteiger charge is 2.27. The Labute approximate surface area is 204 Å². The first kappa shape index (κ1) is 26.2. The van der Waals surface area contributed by atoms with E-state index in [-0.39, 0.29) is 24.2 Å². The number of carbonyl (C=O) groups is 1. The first-order valence-electron chi connectivity index (χ1n) is 12.6. The van der Waals surface area contributed by atoms with Crippen molar-refractivity contribution in [1.82, 2.24) is 14.7 Å². The summed E-state index contributed by atoms with van der Waals surface area (Å²) < 4.78 is 20.3. The Bertz CT molecular complexity index is 851. The average molecular weight is 470 g/mol. The number of aryl methyl sites for hydroxylation is 1. The molecule has 3 rings (SSSR count). The molecule has 2 aliphatic heterocycles. The lowest BCUT2D eigenvalue weighted by molar-refractivity contribution is -0.135. The van der Waals surface area contributed by atoms with Crippen LogP contribution in [0.3, 0.4) is 0 Å². The number of hydrogen-bond acceptors (Lipinski definition) is 4. The quantitative estimate of drug-likeness (QED) is 0.481. The van der Waals surface area contributed by atoms with Gasteiger partial charge in [0, 0.05) is 39.1 Å². The number of amides is 1. The maximum atomic E-state index is 14.9. The molecule has 5 nitrogen and oxygen atoms in total. The Kier molecular flexibility index (Phi) is 10.4. The maximum Gasteiger partial charge on any atom is 0.225 e. The normalized spacial score (nSPS) is 18.7. The van der Waals surface area contributed by atoms with E-state index in [4.69, 9.17) is 4.74 Å². The van der Waals surface area contributed by atoms with Crippen LogP contribution in [0.25, 0.3) is 0 Å². The number of rotatable bonds is 10. The maximum absolute atomic E-state index is 14.9. The Morgan fingerprint density at radius 1 is 1.15 bits per heavy atom. The zero-order chi connectivity index (χ0) is 24.3. The molecule has 6 heteroatoms. The standard InChI is InChI=1S/C28H40FN3O2/c1-4-6-27(32-19-21-34-22-20-32)26(29)14-15-30(3)28(33)25-12-17-31(18-13-25)16-11-24-9-7-23(5-2)8-10-24/h4,6-10,14,25H,1,5,11-13,15-22H2,2-3H3/b26-14+,27-6+. The fraction of sp³-hybridized carbons (Fsp3) is 0.536. The van der Waals surface area contributed by atoms with Crippen LogP contribution in [0.5, 0.6) is 0 Å². The fourth-order valence-electron chi connectivity index (χ4n) is 4.61. The van der Waals surface area contributed by atoms with Crippen LogP contribution in [0.4, 0.5) is 4.39 Å². The van der Waals surface area contributed by atoms with Gasteiger partial charge in [-0.1, -0.05) is 43.8 Å². The summed E-state index contributed by atoms with van der Waals surface area (Å²) in [6.07, 6.45) is 8.62. The van der Waals surface area contributed by atoms with Gasteiger partial charge in [-0.3, -0.25) is 4.79 Å². The molecule has 2 fully saturated rings. The number of allylic oxidation sites excluding steroid dienone is 3. The number of halogens is 1. The summed E-state index contributed by atoms with van der Waals surface area (Å²) >= 11 is 0. The van der Waals surface area contributed by atoms with E-state index in [1.165, 1.54) is 17.2 Å². The minimum Gasteiger partial charge on any atom is -0.378 e. The molecule has 0 saturated carbocycles. The molecular weight excluding hydrogens is 429 g/mol. The summed E-state index contributed by atoms with van der Waals surface area (Å²) in [6.45, 7) is 11.5. The van der Waals surface area contributed by atoms with E-state index in [0.717, 1.165) is 45.3 Å². The Balaban J connectivity index is 1.44. The number of likely N-dealkylation sites (tertiary alicyclic amines) is 1. The van der Waals surface area contributed by atoms with Crippen molar-refractivity contribution >= 4 is 5.91 Å². The molecule has 0 aromatic heterocycles. The van der Waals surface area contributed by atoms with Gasteiger partial charge < -0.3 is 19.4 Å². The number of piperidine rings is 1. The predicted octanol–water partition coefficient (Wildman–Crippen LogP) is 4.22. The summed E-state index contributed by atoms with van der Waals surface area (Å²) in [6, 6.07) is 8.88. The lowest BCUT2D eigenvalue weighted by atomic mass is 9.95. The third-order valence-corrected chi connectivity index (χ3v) is 6.88. The first-order valence-corrected chi connectivity index (χ1v) is 12.6. The summed E-state index contributed by atoms with van der Waals surface area (Å²) in [5.41, 5.74) is 3.25. The van der Waals surface area contributed by atoms with Crippen molar-refractivity contribution < 1.29 is 13.9 Å². The molecule has 0 spiro atoms. The summed E-state index contributed by atoms with van der Waals surface area (Å²) in [7, 11) is 1.77. The average Bonchev–Trinajstić information content (AvgIpc) is 2.89. The molecule has 2 saturated heterocycles. The molecule has 1 aromatic rings. The highest BCUT2D eigenvalue weighted by atomic mass is 19.1. The number of morpholine rings is 1. The van der Waals surface area contributed by atoms with E-state index in [0.29, 0.717) is 32.0 Å². The van der Waals surface area contributed by atoms with Gasteiger partial charge in [-0.2, -0.15) is 0 Å². The number of benzene rings is 1. The van der Waals surface area contributed by atoms with E-state index in [1.54, 1.807) is 24.1 Å². The molecule has 2 heterocycles. The number of likely N-dealkylation sites (N-methyl/N-ethyl adjacent to an activating group) is 1. The van der Waals surface area contributed by atoms with Crippen LogP contribution in [0.1, 0.15) is 30.9 Å². The Morgan fingerprint density at radius 3 is 2.41 bits per heavy atom. The van der Waals surface area contributed by atoms with E-state index >= 15 is 0 Å². The van der Waals surface area contributed by atoms with Gasteiger partial charge in [0.05, 0.1) is 18.9 Å². The van der Waals surface area contributed by atoms with E-state index in [2.05, 4.69) is 42.7 Å². The minimum absolute atomic E-state index is 0.0176. The molecule has 0 bridgehead atoms. The minimum atomic E-state index is -0.316. The van der Waals surface area contributed by atoms with Crippen LogP contribution < -0.4 is 0 Å². The van der Waals surface area contributed by atoms with Crippen LogP contribution in [0.15, 0.2) is 60.6 Å². The second kappa shape index (κ2) is 13.4. The zero-order valence-electron chi connectivity index (χ0n) is 20.8. The van der Waals surface area contributed by atoms with Crippen LogP contribution in [-0.4, -0.2) is 80.1 Å². The smallest absolute Gasteiger partial charge is 0.225 e. The van der Waals surface area contributed by atoms with E-state index in [1.807, 2.05) is 4.90 Å². The van der Waals surface area contributed by atoms with Crippen molar-refractivity contribution in [2.24, 2.45) is 5.92 Å². The second-order valence-corrected chi connectivity index (χ2v) is 9.19. The van der Waals surface area contributed by atoms with Gasteiger partial charge in [-0.05, 0) is 62.1 Å². The Hall–Kier alpha value is -2.44. The number of nitrogens with zero attached hydrogens (tertiary/aromatic N) is 3. The lowest BCUT2D eigenvalue weighted by Gasteiger charge is -2.33. The molecule has 1 aromatic carbocycles. The Morgan fingerprint density at radius 2 is 1.79 bits per heavy atom. The van der Waals surface area contributed by atoms with Gasteiger partial charge >= 0.3 is 0 Å². The van der Waals surface area contributed by atoms with Gasteiger partial charge in [-0.25, -0.2) is 4.39 Å². The molecule has 0 aliphatic carbocycles. The molecular formula is C28H40FN3O2. The fourth-order valence-corrected chi connectivity index (χ4v) is 4.61. The summed E-state index contributed by atoms with van der Waals surface area (Å²) in [5, 5.41) is 0. The van der Waals surface area contributed by atoms with Crippen molar-refractivity contribution in [3.8, 4) is 0 Å². The van der Waals surface area contributed by atoms with Gasteiger partial charge in [0.25, 0.3) is 0 Å². The van der Waals surface area contributed by atoms with E-state index in [9.17, 15) is 9.18 Å². The van der Waals surface area contributed by atoms with Crippen LogP contribution in [-0.2, 0) is 22.4 Å². The van der Waals surface area contributed by atoms with Crippen LogP contribution in [0, 0.1) is 5.92 Å². The van der Waals surface area contributed by atoms with E-state index < -0.39 is 0 Å². The lowest BCUT2D eigenvalue weighted by Crippen LogP contribution is -2.42. The first-order chi connectivity index (χ1) is 16.5. The third kappa shape index (κ3) is 7.54. The van der Waals surface area contributed by atoms with Crippen molar-refractivity contribution in [3.63, 3.8) is 0 Å². The number of hydrogen-bond donors (Lipinski definition) is 0. The van der Waals surface area contributed by atoms with Gasteiger partial charge in [0.15, 0.2) is 0 Å². The van der Waals surface area contributed by atoms with Gasteiger partial charge in [0.1, 0.15) is 5.83 Å². The monoisotopic (exact) mass is 469 g/mol. The molecule has 0 N–H and O–H groups in total. The molecule has 34 heavy (non-hydrogen) atoms. The second-order valence-electron chi connectivity index (χ2n) is 9.19. The summed E-state index contributed by atoms with van der Waals surface area (Å²) in [4.78, 5) is 19.0. The highest BCUT2D eigenvalue weighted by molar-refractivity contribution is 5.78. The molecule has 186 valence electrons. The number of carbonyl (C=O) groups excluding carboxylic acids is 1. The summed E-state index contributed by atoms with van der Waals surface area (Å²) in [5.74, 6) is -0.188. The molecule has 1 amide bonds. The largest absolute Gasteiger partial charge is 0.378 e. The van der Waals surface area contributed by atoms with Gasteiger partial charge in [0.2, 0.25) is 5.91 Å². The molecule has 0 unspecified atom stereocenters. The zero-order valence-corrected chi connectivity index (χ0v) is 20.8. The van der Waals surface area contributed by atoms with Crippen molar-refractivity contribution in [2.75, 3.05) is 59.5 Å². The molecule has 2 aliphatic rings. The number of ether oxygens (including phenoxy) is 1. The molecule has 0 radical (unpaired) electrons. The molecule has 0 atom stereocenters. The third-order valence-electron chi connectivity index (χ3n) is 6.88.